The van der Waals surface area contributed by atoms with Crippen molar-refractivity contribution in [1.29, 1.82) is 0 Å². The summed E-state index contributed by atoms with van der Waals surface area (Å²) in [6.07, 6.45) is 3.63. The van der Waals surface area contributed by atoms with Gasteiger partial charge in [0.05, 0.1) is 6.54 Å². The summed E-state index contributed by atoms with van der Waals surface area (Å²) < 4.78 is 4.81. The van der Waals surface area contributed by atoms with Crippen LogP contribution < -0.4 is 0 Å². The Bertz CT molecular complexity index is 170. The lowest BCUT2D eigenvalue weighted by Crippen LogP contribution is -2.35. The van der Waals surface area contributed by atoms with Crippen molar-refractivity contribution in [3.05, 3.63) is 0 Å². The topological polar surface area (TPSA) is 29.5 Å². The molecule has 0 amide bonds. The van der Waals surface area contributed by atoms with Crippen LogP contribution in [0.4, 0.5) is 0 Å². The number of methoxy groups -OCH3 is 1. The monoisotopic (exact) mass is 185 g/mol. The Hall–Kier alpha value is -0.410. The smallest absolute Gasteiger partial charge is 0.172 e. The molecule has 0 aromatic rings. The van der Waals surface area contributed by atoms with Crippen molar-refractivity contribution in [3.63, 3.8) is 0 Å². The molecule has 1 fully saturated rings. The molecule has 3 heteroatoms. The highest BCUT2D eigenvalue weighted by Gasteiger charge is 2.24. The molecule has 0 aliphatic carbocycles. The van der Waals surface area contributed by atoms with E-state index in [0.29, 0.717) is 12.6 Å². The Morgan fingerprint density at radius 3 is 3.00 bits per heavy atom. The summed E-state index contributed by atoms with van der Waals surface area (Å²) in [5.74, 6) is 0.197. The molecule has 0 spiro atoms. The molecule has 0 N–H and O–H groups in total. The van der Waals surface area contributed by atoms with E-state index >= 15 is 0 Å². The third-order valence-electron chi connectivity index (χ3n) is 2.66. The summed E-state index contributed by atoms with van der Waals surface area (Å²) in [5.41, 5.74) is 0. The zero-order valence-electron chi connectivity index (χ0n) is 8.58. The van der Waals surface area contributed by atoms with Crippen molar-refractivity contribution in [1.82, 2.24) is 4.90 Å². The number of carbonyl (C=O) groups excluding carboxylic acids is 1. The third kappa shape index (κ3) is 3.08. The summed E-state index contributed by atoms with van der Waals surface area (Å²) in [7, 11) is 1.57. The minimum absolute atomic E-state index is 0.197. The van der Waals surface area contributed by atoms with Gasteiger partial charge in [0.1, 0.15) is 6.61 Å². The molecule has 3 nitrogen and oxygen atoms in total. The highest BCUT2D eigenvalue weighted by Crippen LogP contribution is 2.18. The number of ether oxygens (including phenoxy) is 1. The molecule has 1 unspecified atom stereocenters. The second kappa shape index (κ2) is 5.35. The predicted octanol–water partition coefficient (Wildman–Crippen LogP) is 1.08. The highest BCUT2D eigenvalue weighted by molar-refractivity contribution is 5.81. The maximum Gasteiger partial charge on any atom is 0.172 e. The number of carbonyl (C=O) groups is 1. The van der Waals surface area contributed by atoms with E-state index in [0.717, 1.165) is 13.0 Å². The fourth-order valence-electron chi connectivity index (χ4n) is 2.00. The standard InChI is InChI=1S/C10H19NO2/c1-3-9-5-4-6-11(9)7-10(12)8-13-2/h9H,3-8H2,1-2H3. The van der Waals surface area contributed by atoms with E-state index in [-0.39, 0.29) is 12.4 Å². The second-order valence-corrected chi connectivity index (χ2v) is 3.65. The maximum absolute atomic E-state index is 11.3. The normalized spacial score (nSPS) is 23.7. The summed E-state index contributed by atoms with van der Waals surface area (Å²) in [4.78, 5) is 13.6. The summed E-state index contributed by atoms with van der Waals surface area (Å²) >= 11 is 0. The van der Waals surface area contributed by atoms with Gasteiger partial charge in [0.25, 0.3) is 0 Å². The first-order valence-electron chi connectivity index (χ1n) is 5.02. The zero-order chi connectivity index (χ0) is 9.68. The molecule has 0 aromatic heterocycles. The quantitative estimate of drug-likeness (QED) is 0.642. The minimum atomic E-state index is 0.197. The Labute approximate surface area is 80.1 Å². The largest absolute Gasteiger partial charge is 0.377 e. The van der Waals surface area contributed by atoms with Crippen LogP contribution in [-0.4, -0.2) is 43.5 Å². The minimum Gasteiger partial charge on any atom is -0.377 e. The van der Waals surface area contributed by atoms with Crippen molar-refractivity contribution < 1.29 is 9.53 Å². The molecule has 76 valence electrons. The van der Waals surface area contributed by atoms with Gasteiger partial charge in [0, 0.05) is 13.2 Å². The molecule has 1 atom stereocenters. The van der Waals surface area contributed by atoms with Gasteiger partial charge in [-0.05, 0) is 25.8 Å². The van der Waals surface area contributed by atoms with E-state index in [4.69, 9.17) is 4.74 Å². The number of ketones is 1. The molecule has 13 heavy (non-hydrogen) atoms. The molecule has 1 aliphatic heterocycles. The van der Waals surface area contributed by atoms with E-state index in [1.165, 1.54) is 12.8 Å². The Kier molecular flexibility index (Phi) is 4.39. The van der Waals surface area contributed by atoms with Gasteiger partial charge in [0.2, 0.25) is 0 Å². The number of nitrogens with zero attached hydrogens (tertiary/aromatic N) is 1. The van der Waals surface area contributed by atoms with Crippen molar-refractivity contribution in [2.45, 2.75) is 32.2 Å². The average molecular weight is 185 g/mol. The van der Waals surface area contributed by atoms with Crippen molar-refractivity contribution >= 4 is 5.78 Å². The molecule has 0 radical (unpaired) electrons. The number of hydrogen-bond acceptors (Lipinski definition) is 3. The molecular formula is C10H19NO2. The van der Waals surface area contributed by atoms with Gasteiger partial charge < -0.3 is 4.74 Å². The van der Waals surface area contributed by atoms with Crippen LogP contribution in [0.3, 0.4) is 0 Å². The number of hydrogen-bond donors (Lipinski definition) is 0. The first-order chi connectivity index (χ1) is 6.27. The van der Waals surface area contributed by atoms with Gasteiger partial charge in [-0.15, -0.1) is 0 Å². The number of rotatable bonds is 5. The first-order valence-corrected chi connectivity index (χ1v) is 5.02. The van der Waals surface area contributed by atoms with Crippen molar-refractivity contribution in [2.24, 2.45) is 0 Å². The van der Waals surface area contributed by atoms with Gasteiger partial charge in [0.15, 0.2) is 5.78 Å². The van der Waals surface area contributed by atoms with E-state index in [1.807, 2.05) is 0 Å². The van der Waals surface area contributed by atoms with Gasteiger partial charge >= 0.3 is 0 Å². The Morgan fingerprint density at radius 2 is 2.38 bits per heavy atom. The van der Waals surface area contributed by atoms with Crippen LogP contribution in [0.25, 0.3) is 0 Å². The average Bonchev–Trinajstić information content (AvgIpc) is 2.52. The SMILES string of the molecule is CCC1CCCN1CC(=O)COC. The fourth-order valence-corrected chi connectivity index (χ4v) is 2.00. The van der Waals surface area contributed by atoms with Crippen LogP contribution in [0, 0.1) is 0 Å². The number of Topliss-reactive ketones (excluding diaryl/α,β-unsaturated/α-hetero) is 1. The lowest BCUT2D eigenvalue weighted by molar-refractivity contribution is -0.124. The Morgan fingerprint density at radius 1 is 1.62 bits per heavy atom. The molecule has 1 aliphatic rings. The molecule has 1 saturated heterocycles. The third-order valence-corrected chi connectivity index (χ3v) is 2.66. The molecule has 0 bridgehead atoms. The zero-order valence-corrected chi connectivity index (χ0v) is 8.58. The van der Waals surface area contributed by atoms with Crippen molar-refractivity contribution in [2.75, 3.05) is 26.8 Å². The molecular weight excluding hydrogens is 166 g/mol. The van der Waals surface area contributed by atoms with Crippen LogP contribution in [0.1, 0.15) is 26.2 Å². The summed E-state index contributed by atoms with van der Waals surface area (Å²) in [6, 6.07) is 0.626. The fraction of sp³-hybridized carbons (Fsp3) is 0.900. The number of likely N-dealkylation sites (tertiary alicyclic amines) is 1. The summed E-state index contributed by atoms with van der Waals surface area (Å²) in [5, 5.41) is 0. The van der Waals surface area contributed by atoms with Gasteiger partial charge in [-0.1, -0.05) is 6.92 Å². The summed E-state index contributed by atoms with van der Waals surface area (Å²) in [6.45, 7) is 4.09. The van der Waals surface area contributed by atoms with Gasteiger partial charge in [-0.3, -0.25) is 9.69 Å². The highest BCUT2D eigenvalue weighted by atomic mass is 16.5. The maximum atomic E-state index is 11.3. The molecule has 1 rings (SSSR count). The van der Waals surface area contributed by atoms with E-state index < -0.39 is 0 Å². The Balaban J connectivity index is 2.30. The molecule has 0 saturated carbocycles. The van der Waals surface area contributed by atoms with Gasteiger partial charge in [-0.2, -0.15) is 0 Å². The van der Waals surface area contributed by atoms with E-state index in [1.54, 1.807) is 7.11 Å². The van der Waals surface area contributed by atoms with Crippen LogP contribution in [-0.2, 0) is 9.53 Å². The lowest BCUT2D eigenvalue weighted by atomic mass is 10.1. The van der Waals surface area contributed by atoms with Crippen LogP contribution in [0.5, 0.6) is 0 Å². The van der Waals surface area contributed by atoms with Crippen LogP contribution in [0.15, 0.2) is 0 Å². The predicted molar refractivity (Wildman–Crippen MR) is 51.8 cm³/mol. The van der Waals surface area contributed by atoms with Gasteiger partial charge in [-0.25, -0.2) is 0 Å². The van der Waals surface area contributed by atoms with Crippen LogP contribution >= 0.6 is 0 Å². The van der Waals surface area contributed by atoms with Crippen molar-refractivity contribution in [3.8, 4) is 0 Å². The second-order valence-electron chi connectivity index (χ2n) is 3.65. The van der Waals surface area contributed by atoms with Crippen LogP contribution in [0.2, 0.25) is 0 Å². The first kappa shape index (κ1) is 10.7. The molecule has 1 heterocycles. The van der Waals surface area contributed by atoms with E-state index in [9.17, 15) is 4.79 Å². The molecule has 0 aromatic carbocycles. The lowest BCUT2D eigenvalue weighted by Gasteiger charge is -2.21. The van der Waals surface area contributed by atoms with E-state index in [2.05, 4.69) is 11.8 Å².